The van der Waals surface area contributed by atoms with Crippen molar-refractivity contribution in [2.24, 2.45) is 0 Å². The van der Waals surface area contributed by atoms with E-state index in [2.05, 4.69) is 11.4 Å². The number of rotatable bonds is 7. The van der Waals surface area contributed by atoms with Gasteiger partial charge in [-0.25, -0.2) is 0 Å². The van der Waals surface area contributed by atoms with E-state index in [4.69, 9.17) is 16.3 Å². The molecule has 5 heteroatoms. The van der Waals surface area contributed by atoms with Gasteiger partial charge in [0.15, 0.2) is 0 Å². The molecule has 2 rings (SSSR count). The van der Waals surface area contributed by atoms with Gasteiger partial charge >= 0.3 is 0 Å². The van der Waals surface area contributed by atoms with Gasteiger partial charge in [0.2, 0.25) is 5.91 Å². The van der Waals surface area contributed by atoms with Gasteiger partial charge in [-0.1, -0.05) is 41.4 Å². The maximum Gasteiger partial charge on any atom is 0.234 e. The third-order valence-electron chi connectivity index (χ3n) is 4.04. The highest BCUT2D eigenvalue weighted by Crippen LogP contribution is 2.21. The summed E-state index contributed by atoms with van der Waals surface area (Å²) < 4.78 is 5.40. The summed E-state index contributed by atoms with van der Waals surface area (Å²) in [5.74, 6) is 0.823. The second-order valence-corrected chi connectivity index (χ2v) is 6.76. The summed E-state index contributed by atoms with van der Waals surface area (Å²) in [7, 11) is 3.59. The number of hydrogen-bond acceptors (Lipinski definition) is 3. The summed E-state index contributed by atoms with van der Waals surface area (Å²) >= 11 is 5.90. The van der Waals surface area contributed by atoms with Gasteiger partial charge in [0.05, 0.1) is 19.7 Å². The van der Waals surface area contributed by atoms with Crippen LogP contribution in [0.2, 0.25) is 5.02 Å². The Bertz CT molecular complexity index is 716. The zero-order valence-electron chi connectivity index (χ0n) is 15.2. The van der Waals surface area contributed by atoms with Crippen molar-refractivity contribution < 1.29 is 9.53 Å². The van der Waals surface area contributed by atoms with Crippen molar-refractivity contribution in [3.8, 4) is 5.75 Å². The van der Waals surface area contributed by atoms with Gasteiger partial charge in [0.25, 0.3) is 0 Å². The van der Waals surface area contributed by atoms with Crippen molar-refractivity contribution in [1.29, 1.82) is 0 Å². The molecule has 25 heavy (non-hydrogen) atoms. The van der Waals surface area contributed by atoms with Crippen LogP contribution in [-0.2, 0) is 11.3 Å². The highest BCUT2D eigenvalue weighted by molar-refractivity contribution is 6.30. The number of nitrogens with zero attached hydrogens (tertiary/aromatic N) is 1. The summed E-state index contributed by atoms with van der Waals surface area (Å²) in [4.78, 5) is 14.3. The predicted molar refractivity (Wildman–Crippen MR) is 102 cm³/mol. The number of carbonyl (C=O) groups excluding carboxylic acids is 1. The van der Waals surface area contributed by atoms with E-state index in [9.17, 15) is 4.79 Å². The molecule has 1 N–H and O–H groups in total. The molecule has 2 aromatic rings. The minimum Gasteiger partial charge on any atom is -0.496 e. The van der Waals surface area contributed by atoms with Crippen molar-refractivity contribution in [3.63, 3.8) is 0 Å². The zero-order chi connectivity index (χ0) is 18.4. The Labute approximate surface area is 154 Å². The molecule has 2 aromatic carbocycles. The molecular formula is C20H25ClN2O2. The Kier molecular flexibility index (Phi) is 6.85. The standard InChI is InChI=1S/C20H25ClN2O2/c1-14-5-10-19(25-4)17(11-14)12-23(3)13-20(24)22-15(2)16-6-8-18(21)9-7-16/h5-11,15H,12-13H2,1-4H3,(H,22,24)/t15-/m1/s1. The SMILES string of the molecule is COc1ccc(C)cc1CN(C)CC(=O)N[C@H](C)c1ccc(Cl)cc1. The van der Waals surface area contributed by atoms with E-state index in [1.165, 1.54) is 5.56 Å². The van der Waals surface area contributed by atoms with Crippen molar-refractivity contribution in [2.75, 3.05) is 20.7 Å². The molecule has 0 aliphatic carbocycles. The molecule has 0 saturated carbocycles. The Morgan fingerprint density at radius 1 is 1.24 bits per heavy atom. The van der Waals surface area contributed by atoms with Crippen LogP contribution in [0.1, 0.15) is 29.7 Å². The van der Waals surface area contributed by atoms with Crippen LogP contribution < -0.4 is 10.1 Å². The number of benzene rings is 2. The van der Waals surface area contributed by atoms with Crippen molar-refractivity contribution in [1.82, 2.24) is 10.2 Å². The smallest absolute Gasteiger partial charge is 0.234 e. The van der Waals surface area contributed by atoms with Crippen LogP contribution in [0.15, 0.2) is 42.5 Å². The van der Waals surface area contributed by atoms with Gasteiger partial charge in [-0.2, -0.15) is 0 Å². The highest BCUT2D eigenvalue weighted by Gasteiger charge is 2.13. The number of ether oxygens (including phenoxy) is 1. The third kappa shape index (κ3) is 5.76. The molecule has 1 amide bonds. The van der Waals surface area contributed by atoms with E-state index >= 15 is 0 Å². The Morgan fingerprint density at radius 3 is 2.56 bits per heavy atom. The maximum absolute atomic E-state index is 12.3. The average molecular weight is 361 g/mol. The van der Waals surface area contributed by atoms with E-state index < -0.39 is 0 Å². The molecule has 0 heterocycles. The van der Waals surface area contributed by atoms with Crippen LogP contribution in [-0.4, -0.2) is 31.5 Å². The molecule has 1 atom stereocenters. The van der Waals surface area contributed by atoms with E-state index in [-0.39, 0.29) is 11.9 Å². The molecule has 134 valence electrons. The number of nitrogens with one attached hydrogen (secondary N) is 1. The molecule has 0 aliphatic rings. The fraction of sp³-hybridized carbons (Fsp3) is 0.350. The Morgan fingerprint density at radius 2 is 1.92 bits per heavy atom. The van der Waals surface area contributed by atoms with Crippen LogP contribution >= 0.6 is 11.6 Å². The van der Waals surface area contributed by atoms with Gasteiger partial charge in [-0.05, 0) is 44.7 Å². The number of methoxy groups -OCH3 is 1. The fourth-order valence-corrected chi connectivity index (χ4v) is 2.87. The van der Waals surface area contributed by atoms with Crippen molar-refractivity contribution in [2.45, 2.75) is 26.4 Å². The van der Waals surface area contributed by atoms with Crippen LogP contribution in [0.3, 0.4) is 0 Å². The Balaban J connectivity index is 1.91. The molecular weight excluding hydrogens is 336 g/mol. The number of amides is 1. The van der Waals surface area contributed by atoms with Crippen LogP contribution in [0.5, 0.6) is 5.75 Å². The lowest BCUT2D eigenvalue weighted by atomic mass is 10.1. The normalized spacial score (nSPS) is 12.1. The van der Waals surface area contributed by atoms with E-state index in [1.54, 1.807) is 7.11 Å². The first-order valence-electron chi connectivity index (χ1n) is 8.26. The third-order valence-corrected chi connectivity index (χ3v) is 4.29. The highest BCUT2D eigenvalue weighted by atomic mass is 35.5. The quantitative estimate of drug-likeness (QED) is 0.812. The molecule has 0 spiro atoms. The molecule has 0 bridgehead atoms. The molecule has 0 fully saturated rings. The monoisotopic (exact) mass is 360 g/mol. The van der Waals surface area contributed by atoms with Crippen molar-refractivity contribution in [3.05, 3.63) is 64.2 Å². The summed E-state index contributed by atoms with van der Waals surface area (Å²) in [6.07, 6.45) is 0. The van der Waals surface area contributed by atoms with Crippen LogP contribution in [0.25, 0.3) is 0 Å². The zero-order valence-corrected chi connectivity index (χ0v) is 15.9. The van der Waals surface area contributed by atoms with Gasteiger partial charge in [0.1, 0.15) is 5.75 Å². The lowest BCUT2D eigenvalue weighted by molar-refractivity contribution is -0.122. The molecule has 0 unspecified atom stereocenters. The number of carbonyl (C=O) groups is 1. The molecule has 4 nitrogen and oxygen atoms in total. The van der Waals surface area contributed by atoms with E-state index in [0.29, 0.717) is 18.1 Å². The van der Waals surface area contributed by atoms with Gasteiger partial charge < -0.3 is 10.1 Å². The largest absolute Gasteiger partial charge is 0.496 e. The lowest BCUT2D eigenvalue weighted by Gasteiger charge is -2.20. The van der Waals surface area contributed by atoms with Gasteiger partial charge in [0, 0.05) is 17.1 Å². The number of halogens is 1. The predicted octanol–water partition coefficient (Wildman–Crippen LogP) is 3.97. The van der Waals surface area contributed by atoms with E-state index in [1.807, 2.05) is 62.2 Å². The minimum atomic E-state index is -0.0633. The first-order chi connectivity index (χ1) is 11.9. The summed E-state index contributed by atoms with van der Waals surface area (Å²) in [6.45, 7) is 4.97. The Hall–Kier alpha value is -2.04. The molecule has 0 saturated heterocycles. The van der Waals surface area contributed by atoms with E-state index in [0.717, 1.165) is 16.9 Å². The fourth-order valence-electron chi connectivity index (χ4n) is 2.74. The number of hydrogen-bond donors (Lipinski definition) is 1. The number of aryl methyl sites for hydroxylation is 1. The number of likely N-dealkylation sites (N-methyl/N-ethyl adjacent to an activating group) is 1. The molecule has 0 aliphatic heterocycles. The van der Waals surface area contributed by atoms with Crippen LogP contribution in [0.4, 0.5) is 0 Å². The van der Waals surface area contributed by atoms with Gasteiger partial charge in [-0.15, -0.1) is 0 Å². The minimum absolute atomic E-state index is 0.0171. The molecule has 0 aromatic heterocycles. The second kappa shape index (κ2) is 8.88. The maximum atomic E-state index is 12.3. The van der Waals surface area contributed by atoms with Crippen LogP contribution in [0, 0.1) is 6.92 Å². The van der Waals surface area contributed by atoms with Gasteiger partial charge in [-0.3, -0.25) is 9.69 Å². The van der Waals surface area contributed by atoms with Crippen molar-refractivity contribution >= 4 is 17.5 Å². The average Bonchev–Trinajstić information content (AvgIpc) is 2.55. The first-order valence-corrected chi connectivity index (χ1v) is 8.63. The summed E-state index contributed by atoms with van der Waals surface area (Å²) in [6, 6.07) is 13.5. The lowest BCUT2D eigenvalue weighted by Crippen LogP contribution is -2.36. The molecule has 0 radical (unpaired) electrons. The second-order valence-electron chi connectivity index (χ2n) is 6.33. The summed E-state index contributed by atoms with van der Waals surface area (Å²) in [5.41, 5.74) is 3.27. The summed E-state index contributed by atoms with van der Waals surface area (Å²) in [5, 5.41) is 3.71. The topological polar surface area (TPSA) is 41.6 Å². The first kappa shape index (κ1) is 19.3.